The van der Waals surface area contributed by atoms with Crippen LogP contribution in [-0.4, -0.2) is 0 Å². The van der Waals surface area contributed by atoms with Crippen molar-refractivity contribution in [3.8, 4) is 0 Å². The molecule has 0 heterocycles. The van der Waals surface area contributed by atoms with Gasteiger partial charge >= 0.3 is 6.18 Å². The summed E-state index contributed by atoms with van der Waals surface area (Å²) in [5.41, 5.74) is -1.40. The van der Waals surface area contributed by atoms with Crippen molar-refractivity contribution in [3.05, 3.63) is 34.9 Å². The number of halogens is 5. The van der Waals surface area contributed by atoms with Gasteiger partial charge in [0.2, 0.25) is 0 Å². The molecule has 5 heteroatoms. The van der Waals surface area contributed by atoms with Crippen LogP contribution in [0.25, 0.3) is 0 Å². The van der Waals surface area contributed by atoms with E-state index in [0.717, 1.165) is 49.7 Å². The fourth-order valence-electron chi connectivity index (χ4n) is 4.78. The molecule has 0 atom stereocenters. The van der Waals surface area contributed by atoms with Crippen LogP contribution in [0.4, 0.5) is 22.0 Å². The Hall–Kier alpha value is -1.13. The lowest BCUT2D eigenvalue weighted by molar-refractivity contribution is -0.142. The molecular weight excluding hydrogens is 335 g/mol. The number of benzene rings is 1. The maximum Gasteiger partial charge on any atom is 0.422 e. The minimum absolute atomic E-state index is 0.0370. The summed E-state index contributed by atoms with van der Waals surface area (Å²) in [5.74, 6) is -0.807. The first kappa shape index (κ1) is 18.7. The van der Waals surface area contributed by atoms with Crippen LogP contribution in [0.1, 0.15) is 75.3 Å². The maximum atomic E-state index is 13.8. The van der Waals surface area contributed by atoms with Crippen LogP contribution in [0, 0.1) is 29.4 Å². The van der Waals surface area contributed by atoms with Gasteiger partial charge in [0, 0.05) is 0 Å². The molecule has 0 spiro atoms. The molecule has 140 valence electrons. The van der Waals surface area contributed by atoms with E-state index in [0.29, 0.717) is 11.5 Å². The number of rotatable bonds is 2. The molecule has 3 rings (SSSR count). The molecule has 2 saturated carbocycles. The monoisotopic (exact) mass is 360 g/mol. The highest BCUT2D eigenvalue weighted by atomic mass is 19.4. The summed E-state index contributed by atoms with van der Waals surface area (Å²) in [5, 5.41) is 0. The van der Waals surface area contributed by atoms with E-state index in [1.807, 2.05) is 0 Å². The average Bonchev–Trinajstić information content (AvgIpc) is 2.54. The van der Waals surface area contributed by atoms with E-state index in [4.69, 9.17) is 0 Å². The molecule has 0 radical (unpaired) electrons. The van der Waals surface area contributed by atoms with Gasteiger partial charge in [0.1, 0.15) is 17.2 Å². The Morgan fingerprint density at radius 2 is 1.20 bits per heavy atom. The van der Waals surface area contributed by atoms with E-state index in [-0.39, 0.29) is 5.92 Å². The second-order valence-electron chi connectivity index (χ2n) is 7.99. The third kappa shape index (κ3) is 4.17. The fraction of sp³-hybridized carbons (Fsp3) is 0.700. The Morgan fingerprint density at radius 1 is 0.760 bits per heavy atom. The second kappa shape index (κ2) is 7.24. The SMILES string of the molecule is CC1CCC(C2CCC(c3cc(F)c(C(F)(F)F)c(F)c3)CC2)CC1. The Labute approximate surface area is 145 Å². The Bertz CT molecular complexity index is 568. The number of alkyl halides is 3. The molecule has 0 N–H and O–H groups in total. The van der Waals surface area contributed by atoms with Crippen molar-refractivity contribution in [2.45, 2.75) is 70.4 Å². The molecule has 1 aromatic rings. The highest BCUT2D eigenvalue weighted by molar-refractivity contribution is 5.30. The minimum atomic E-state index is -5.00. The van der Waals surface area contributed by atoms with E-state index < -0.39 is 23.4 Å². The fourth-order valence-corrected chi connectivity index (χ4v) is 4.78. The predicted octanol–water partition coefficient (Wildman–Crippen LogP) is 7.08. The Kier molecular flexibility index (Phi) is 5.40. The third-order valence-electron chi connectivity index (χ3n) is 6.32. The van der Waals surface area contributed by atoms with Crippen LogP contribution in [0.2, 0.25) is 0 Å². The molecule has 0 unspecified atom stereocenters. The van der Waals surface area contributed by atoms with Gasteiger partial charge in [0.05, 0.1) is 0 Å². The van der Waals surface area contributed by atoms with Crippen LogP contribution in [0.3, 0.4) is 0 Å². The molecule has 25 heavy (non-hydrogen) atoms. The van der Waals surface area contributed by atoms with Gasteiger partial charge in [0.25, 0.3) is 0 Å². The summed E-state index contributed by atoms with van der Waals surface area (Å²) < 4.78 is 65.7. The van der Waals surface area contributed by atoms with E-state index in [9.17, 15) is 22.0 Å². The summed E-state index contributed by atoms with van der Waals surface area (Å²) in [6.07, 6.45) is 3.71. The van der Waals surface area contributed by atoms with Gasteiger partial charge in [-0.05, 0) is 79.9 Å². The lowest BCUT2D eigenvalue weighted by Gasteiger charge is -2.37. The Morgan fingerprint density at radius 3 is 1.64 bits per heavy atom. The van der Waals surface area contributed by atoms with Crippen LogP contribution in [-0.2, 0) is 6.18 Å². The highest BCUT2D eigenvalue weighted by Crippen LogP contribution is 2.44. The summed E-state index contributed by atoms with van der Waals surface area (Å²) >= 11 is 0. The molecule has 0 aliphatic heterocycles. The quantitative estimate of drug-likeness (QED) is 0.494. The van der Waals surface area contributed by atoms with Crippen molar-refractivity contribution in [2.75, 3.05) is 0 Å². The predicted molar refractivity (Wildman–Crippen MR) is 87.2 cm³/mol. The molecule has 2 aliphatic rings. The zero-order valence-electron chi connectivity index (χ0n) is 14.5. The molecule has 2 fully saturated rings. The average molecular weight is 360 g/mol. The van der Waals surface area contributed by atoms with Crippen molar-refractivity contribution in [3.63, 3.8) is 0 Å². The van der Waals surface area contributed by atoms with Gasteiger partial charge in [-0.2, -0.15) is 13.2 Å². The standard InChI is InChI=1S/C20H25F5/c1-12-2-4-13(5-3-12)14-6-8-15(9-7-14)16-10-17(21)19(18(22)11-16)20(23,24)25/h10-15H,2-9H2,1H3. The largest absolute Gasteiger partial charge is 0.422 e. The lowest BCUT2D eigenvalue weighted by atomic mass is 9.68. The number of hydrogen-bond acceptors (Lipinski definition) is 0. The molecule has 0 saturated heterocycles. The normalized spacial score (nSPS) is 31.1. The molecule has 1 aromatic carbocycles. The summed E-state index contributed by atoms with van der Waals surface area (Å²) in [6, 6.07) is 1.78. The minimum Gasteiger partial charge on any atom is -0.206 e. The number of hydrogen-bond donors (Lipinski definition) is 0. The van der Waals surface area contributed by atoms with Crippen LogP contribution < -0.4 is 0 Å². The summed E-state index contributed by atoms with van der Waals surface area (Å²) in [4.78, 5) is 0. The van der Waals surface area contributed by atoms with Crippen molar-refractivity contribution in [1.82, 2.24) is 0 Å². The van der Waals surface area contributed by atoms with Gasteiger partial charge in [0.15, 0.2) is 0 Å². The second-order valence-corrected chi connectivity index (χ2v) is 7.99. The zero-order valence-corrected chi connectivity index (χ0v) is 14.5. The molecule has 0 amide bonds. The van der Waals surface area contributed by atoms with Crippen molar-refractivity contribution in [1.29, 1.82) is 0 Å². The molecule has 0 bridgehead atoms. The zero-order chi connectivity index (χ0) is 18.2. The van der Waals surface area contributed by atoms with Crippen molar-refractivity contribution in [2.24, 2.45) is 17.8 Å². The highest BCUT2D eigenvalue weighted by Gasteiger charge is 2.38. The first-order valence-electron chi connectivity index (χ1n) is 9.31. The molecule has 2 aliphatic carbocycles. The van der Waals surface area contributed by atoms with Gasteiger partial charge in [-0.15, -0.1) is 0 Å². The van der Waals surface area contributed by atoms with Crippen LogP contribution in [0.5, 0.6) is 0 Å². The molecule has 0 nitrogen and oxygen atoms in total. The van der Waals surface area contributed by atoms with Gasteiger partial charge in [-0.1, -0.05) is 19.8 Å². The maximum absolute atomic E-state index is 13.8. The van der Waals surface area contributed by atoms with Crippen LogP contribution in [0.15, 0.2) is 12.1 Å². The first-order valence-corrected chi connectivity index (χ1v) is 9.31. The van der Waals surface area contributed by atoms with Gasteiger partial charge < -0.3 is 0 Å². The Balaban J connectivity index is 1.65. The smallest absolute Gasteiger partial charge is 0.206 e. The lowest BCUT2D eigenvalue weighted by Crippen LogP contribution is -2.25. The third-order valence-corrected chi connectivity index (χ3v) is 6.32. The van der Waals surface area contributed by atoms with E-state index in [1.54, 1.807) is 0 Å². The summed E-state index contributed by atoms with van der Waals surface area (Å²) in [6.45, 7) is 2.29. The van der Waals surface area contributed by atoms with E-state index in [1.165, 1.54) is 25.7 Å². The summed E-state index contributed by atoms with van der Waals surface area (Å²) in [7, 11) is 0. The topological polar surface area (TPSA) is 0 Å². The van der Waals surface area contributed by atoms with E-state index >= 15 is 0 Å². The molecular formula is C20H25F5. The van der Waals surface area contributed by atoms with E-state index in [2.05, 4.69) is 6.92 Å². The van der Waals surface area contributed by atoms with Crippen molar-refractivity contribution >= 4 is 0 Å². The molecule has 0 aromatic heterocycles. The van der Waals surface area contributed by atoms with Crippen molar-refractivity contribution < 1.29 is 22.0 Å². The van der Waals surface area contributed by atoms with Gasteiger partial charge in [-0.3, -0.25) is 0 Å². The first-order chi connectivity index (χ1) is 11.8. The van der Waals surface area contributed by atoms with Crippen LogP contribution >= 0.6 is 0 Å². The van der Waals surface area contributed by atoms with Gasteiger partial charge in [-0.25, -0.2) is 8.78 Å².